The van der Waals surface area contributed by atoms with Crippen LogP contribution in [0, 0.1) is 11.8 Å². The van der Waals surface area contributed by atoms with E-state index in [0.717, 1.165) is 17.1 Å². The Morgan fingerprint density at radius 3 is 3.06 bits per heavy atom. The molecule has 0 saturated heterocycles. The van der Waals surface area contributed by atoms with Gasteiger partial charge in [0.05, 0.1) is 17.3 Å². The number of fused-ring (bicyclic) bond motifs is 2. The van der Waals surface area contributed by atoms with Gasteiger partial charge in [0.1, 0.15) is 5.78 Å². The van der Waals surface area contributed by atoms with Crippen LogP contribution in [0.3, 0.4) is 0 Å². The lowest BCUT2D eigenvalue weighted by Crippen LogP contribution is -2.27. The number of benzene rings is 1. The second-order valence-electron chi connectivity index (χ2n) is 4.67. The third-order valence-corrected chi connectivity index (χ3v) is 3.21. The van der Waals surface area contributed by atoms with Crippen molar-refractivity contribution in [2.24, 2.45) is 16.8 Å². The van der Waals surface area contributed by atoms with Crippen LogP contribution in [-0.2, 0) is 4.79 Å². The van der Waals surface area contributed by atoms with Crippen LogP contribution in [0.2, 0.25) is 0 Å². The minimum Gasteiger partial charge on any atom is -0.356 e. The molecule has 0 aromatic heterocycles. The number of nitrogens with one attached hydrogen (secondary N) is 1. The summed E-state index contributed by atoms with van der Waals surface area (Å²) in [5.41, 5.74) is 2.84. The summed E-state index contributed by atoms with van der Waals surface area (Å²) in [6, 6.07) is 7.85. The topological polar surface area (TPSA) is 41.5 Å². The molecular formula is C14H14N2O. The summed E-state index contributed by atoms with van der Waals surface area (Å²) < 4.78 is 0. The van der Waals surface area contributed by atoms with Crippen LogP contribution in [0.25, 0.3) is 0 Å². The molecule has 0 saturated carbocycles. The summed E-state index contributed by atoms with van der Waals surface area (Å²) in [4.78, 5) is 16.4. The molecule has 0 amide bonds. The maximum absolute atomic E-state index is 12.0. The van der Waals surface area contributed by atoms with E-state index < -0.39 is 0 Å². The van der Waals surface area contributed by atoms with Crippen LogP contribution in [0.1, 0.15) is 13.3 Å². The molecule has 1 N–H and O–H groups in total. The fourth-order valence-corrected chi connectivity index (χ4v) is 2.37. The molecule has 0 unspecified atom stereocenters. The molecular weight excluding hydrogens is 212 g/mol. The molecule has 1 aromatic rings. The van der Waals surface area contributed by atoms with Gasteiger partial charge in [-0.3, -0.25) is 9.79 Å². The van der Waals surface area contributed by atoms with Gasteiger partial charge in [-0.15, -0.1) is 0 Å². The number of hydrogen-bond acceptors (Lipinski definition) is 3. The zero-order valence-electron chi connectivity index (χ0n) is 9.68. The molecule has 3 nitrogen and oxygen atoms in total. The van der Waals surface area contributed by atoms with Gasteiger partial charge in [0.15, 0.2) is 0 Å². The molecule has 1 heterocycles. The van der Waals surface area contributed by atoms with Gasteiger partial charge in [-0.2, -0.15) is 0 Å². The maximum atomic E-state index is 12.0. The number of carbonyl (C=O) groups is 1. The maximum Gasteiger partial charge on any atom is 0.147 e. The van der Waals surface area contributed by atoms with Crippen LogP contribution in [0.5, 0.6) is 0 Å². The highest BCUT2D eigenvalue weighted by Gasteiger charge is 2.29. The molecule has 17 heavy (non-hydrogen) atoms. The zero-order valence-corrected chi connectivity index (χ0v) is 9.68. The number of nitrogens with zero attached hydrogens (tertiary/aromatic N) is 1. The van der Waals surface area contributed by atoms with E-state index >= 15 is 0 Å². The standard InChI is InChI=1S/C14H14N2O/c1-9-6-13-10(14(17)7-9)8-15-11-4-2-3-5-12(11)16-13/h2-6,8-10,16H,7H2,1H3/t9-,10+/m0/s1. The first-order chi connectivity index (χ1) is 8.24. The molecule has 1 aliphatic heterocycles. The molecule has 0 bridgehead atoms. The Labute approximate surface area is 100 Å². The van der Waals surface area contributed by atoms with Crippen molar-refractivity contribution in [2.75, 3.05) is 5.32 Å². The zero-order chi connectivity index (χ0) is 11.8. The minimum absolute atomic E-state index is 0.196. The van der Waals surface area contributed by atoms with E-state index in [1.807, 2.05) is 24.3 Å². The third kappa shape index (κ3) is 1.78. The van der Waals surface area contributed by atoms with Crippen molar-refractivity contribution in [2.45, 2.75) is 13.3 Å². The molecule has 0 spiro atoms. The summed E-state index contributed by atoms with van der Waals surface area (Å²) in [5, 5.41) is 3.34. The molecule has 3 rings (SSSR count). The predicted molar refractivity (Wildman–Crippen MR) is 68.6 cm³/mol. The van der Waals surface area contributed by atoms with Crippen molar-refractivity contribution in [3.63, 3.8) is 0 Å². The molecule has 0 radical (unpaired) electrons. The Bertz CT molecular complexity index is 531. The van der Waals surface area contributed by atoms with Gasteiger partial charge in [-0.1, -0.05) is 25.1 Å². The Kier molecular flexibility index (Phi) is 2.32. The van der Waals surface area contributed by atoms with Gasteiger partial charge < -0.3 is 5.32 Å². The van der Waals surface area contributed by atoms with E-state index in [0.29, 0.717) is 12.3 Å². The SMILES string of the molecule is C[C@H]1C=C2Nc3ccccc3N=C[C@H]2C(=O)C1. The monoisotopic (exact) mass is 226 g/mol. The Morgan fingerprint density at radius 1 is 1.35 bits per heavy atom. The van der Waals surface area contributed by atoms with Crippen molar-refractivity contribution in [1.82, 2.24) is 0 Å². The molecule has 3 heteroatoms. The average Bonchev–Trinajstić information content (AvgIpc) is 2.47. The second-order valence-corrected chi connectivity index (χ2v) is 4.67. The highest BCUT2D eigenvalue weighted by atomic mass is 16.1. The van der Waals surface area contributed by atoms with Crippen LogP contribution in [0.15, 0.2) is 41.0 Å². The predicted octanol–water partition coefficient (Wildman–Crippen LogP) is 2.92. The van der Waals surface area contributed by atoms with Crippen molar-refractivity contribution in [3.8, 4) is 0 Å². The van der Waals surface area contributed by atoms with Gasteiger partial charge in [0.25, 0.3) is 0 Å². The number of para-hydroxylation sites is 2. The van der Waals surface area contributed by atoms with Gasteiger partial charge in [0, 0.05) is 18.3 Å². The summed E-state index contributed by atoms with van der Waals surface area (Å²) in [6.07, 6.45) is 4.51. The summed E-state index contributed by atoms with van der Waals surface area (Å²) in [5.74, 6) is 0.359. The lowest BCUT2D eigenvalue weighted by molar-refractivity contribution is -0.120. The minimum atomic E-state index is -0.196. The fourth-order valence-electron chi connectivity index (χ4n) is 2.37. The third-order valence-electron chi connectivity index (χ3n) is 3.21. The van der Waals surface area contributed by atoms with Gasteiger partial charge in [-0.25, -0.2) is 0 Å². The largest absolute Gasteiger partial charge is 0.356 e. The number of allylic oxidation sites excluding steroid dienone is 2. The molecule has 86 valence electrons. The summed E-state index contributed by atoms with van der Waals surface area (Å²) >= 11 is 0. The number of carbonyl (C=O) groups excluding carboxylic acids is 1. The van der Waals surface area contributed by atoms with Gasteiger partial charge in [-0.05, 0) is 18.1 Å². The average molecular weight is 226 g/mol. The molecule has 1 aliphatic carbocycles. The van der Waals surface area contributed by atoms with Crippen molar-refractivity contribution in [1.29, 1.82) is 0 Å². The molecule has 0 fully saturated rings. The van der Waals surface area contributed by atoms with E-state index in [9.17, 15) is 4.79 Å². The fraction of sp³-hybridized carbons (Fsp3) is 0.286. The van der Waals surface area contributed by atoms with E-state index in [1.165, 1.54) is 0 Å². The Morgan fingerprint density at radius 2 is 2.18 bits per heavy atom. The van der Waals surface area contributed by atoms with Crippen LogP contribution >= 0.6 is 0 Å². The van der Waals surface area contributed by atoms with Gasteiger partial charge in [0.2, 0.25) is 0 Å². The first-order valence-electron chi connectivity index (χ1n) is 5.89. The smallest absolute Gasteiger partial charge is 0.147 e. The lowest BCUT2D eigenvalue weighted by Gasteiger charge is -2.23. The second kappa shape index (κ2) is 3.84. The molecule has 2 aliphatic rings. The number of aliphatic imine (C=N–C) groups is 1. The highest BCUT2D eigenvalue weighted by molar-refractivity contribution is 6.01. The van der Waals surface area contributed by atoms with E-state index in [1.54, 1.807) is 6.21 Å². The molecule has 1 aromatic carbocycles. The van der Waals surface area contributed by atoms with Gasteiger partial charge >= 0.3 is 0 Å². The highest BCUT2D eigenvalue weighted by Crippen LogP contribution is 2.33. The Balaban J connectivity index is 2.07. The number of ketones is 1. The van der Waals surface area contributed by atoms with Crippen LogP contribution < -0.4 is 5.32 Å². The first-order valence-corrected chi connectivity index (χ1v) is 5.89. The number of hydrogen-bond donors (Lipinski definition) is 1. The van der Waals surface area contributed by atoms with E-state index in [2.05, 4.69) is 23.3 Å². The molecule has 2 atom stereocenters. The summed E-state index contributed by atoms with van der Waals surface area (Å²) in [7, 11) is 0. The lowest BCUT2D eigenvalue weighted by atomic mass is 9.86. The number of rotatable bonds is 0. The van der Waals surface area contributed by atoms with E-state index in [-0.39, 0.29) is 11.7 Å². The van der Waals surface area contributed by atoms with Crippen molar-refractivity contribution < 1.29 is 4.79 Å². The summed E-state index contributed by atoms with van der Waals surface area (Å²) in [6.45, 7) is 2.07. The van der Waals surface area contributed by atoms with Crippen LogP contribution in [-0.4, -0.2) is 12.0 Å². The first kappa shape index (κ1) is 10.3. The van der Waals surface area contributed by atoms with Crippen LogP contribution in [0.4, 0.5) is 11.4 Å². The Hall–Kier alpha value is -1.90. The number of Topliss-reactive ketones (excluding diaryl/α,β-unsaturated/α-hetero) is 1. The quantitative estimate of drug-likeness (QED) is 0.739. The van der Waals surface area contributed by atoms with E-state index in [4.69, 9.17) is 0 Å². The number of anilines is 1. The normalized spacial score (nSPS) is 26.4. The van der Waals surface area contributed by atoms with Crippen molar-refractivity contribution in [3.05, 3.63) is 36.0 Å². The van der Waals surface area contributed by atoms with Crippen molar-refractivity contribution >= 4 is 23.4 Å².